The number of nitriles is 1. The maximum atomic E-state index is 11.3. The Bertz CT molecular complexity index is 442. The van der Waals surface area contributed by atoms with Crippen LogP contribution in [0.5, 0.6) is 0 Å². The number of rotatable bonds is 4. The van der Waals surface area contributed by atoms with E-state index in [0.29, 0.717) is 12.1 Å². The lowest BCUT2D eigenvalue weighted by Crippen LogP contribution is -2.31. The molecule has 0 saturated carbocycles. The van der Waals surface area contributed by atoms with Gasteiger partial charge in [-0.15, -0.1) is 0 Å². The fraction of sp³-hybridized carbons (Fsp3) is 0.333. The number of alkyl halides is 1. The van der Waals surface area contributed by atoms with Crippen LogP contribution in [0.4, 0.5) is 5.69 Å². The summed E-state index contributed by atoms with van der Waals surface area (Å²) in [6.07, 6.45) is 0. The molecule has 0 radical (unpaired) electrons. The Balaban J connectivity index is 2.80. The second-order valence-electron chi connectivity index (χ2n) is 3.50. The minimum Gasteiger partial charge on any atom is -0.468 e. The molecule has 4 nitrogen and oxygen atoms in total. The van der Waals surface area contributed by atoms with Gasteiger partial charge in [-0.3, -0.25) is 4.79 Å². The molecule has 0 saturated heterocycles. The van der Waals surface area contributed by atoms with Crippen LogP contribution < -0.4 is 4.90 Å². The average molecular weight is 297 g/mol. The van der Waals surface area contributed by atoms with Crippen LogP contribution in [0, 0.1) is 11.3 Å². The van der Waals surface area contributed by atoms with Crippen LogP contribution in [0.25, 0.3) is 0 Å². The number of methoxy groups -OCH3 is 1. The van der Waals surface area contributed by atoms with Crippen molar-refractivity contribution < 1.29 is 9.53 Å². The quantitative estimate of drug-likeness (QED) is 0.629. The molecule has 0 aliphatic rings. The highest BCUT2D eigenvalue weighted by Crippen LogP contribution is 2.19. The highest BCUT2D eigenvalue weighted by Gasteiger charge is 2.18. The number of esters is 1. The maximum Gasteiger partial charge on any atom is 0.321 e. The van der Waals surface area contributed by atoms with Crippen LogP contribution in [0.1, 0.15) is 5.56 Å². The average Bonchev–Trinajstić information content (AvgIpc) is 2.37. The normalized spacial score (nSPS) is 11.4. The van der Waals surface area contributed by atoms with Gasteiger partial charge in [-0.2, -0.15) is 5.26 Å². The summed E-state index contributed by atoms with van der Waals surface area (Å²) in [5, 5.41) is 8.98. The summed E-state index contributed by atoms with van der Waals surface area (Å²) < 4.78 is 4.63. The van der Waals surface area contributed by atoms with Gasteiger partial charge in [-0.25, -0.2) is 0 Å². The third kappa shape index (κ3) is 3.46. The first-order chi connectivity index (χ1) is 8.10. The summed E-state index contributed by atoms with van der Waals surface area (Å²) in [6, 6.07) is 9.37. The molecule has 0 heterocycles. The largest absolute Gasteiger partial charge is 0.468 e. The van der Waals surface area contributed by atoms with Gasteiger partial charge in [0.25, 0.3) is 0 Å². The van der Waals surface area contributed by atoms with E-state index in [1.54, 1.807) is 6.07 Å². The van der Waals surface area contributed by atoms with E-state index < -0.39 is 4.83 Å². The van der Waals surface area contributed by atoms with Crippen molar-refractivity contribution in [3.05, 3.63) is 29.8 Å². The second-order valence-corrected chi connectivity index (χ2v) is 4.61. The zero-order chi connectivity index (χ0) is 12.8. The number of carbonyl (C=O) groups is 1. The van der Waals surface area contributed by atoms with Crippen LogP contribution in [0.15, 0.2) is 24.3 Å². The van der Waals surface area contributed by atoms with Gasteiger partial charge in [0.2, 0.25) is 0 Å². The van der Waals surface area contributed by atoms with Crippen molar-refractivity contribution in [2.24, 2.45) is 0 Å². The highest BCUT2D eigenvalue weighted by molar-refractivity contribution is 9.10. The zero-order valence-electron chi connectivity index (χ0n) is 9.68. The van der Waals surface area contributed by atoms with Gasteiger partial charge in [0.1, 0.15) is 10.9 Å². The first-order valence-corrected chi connectivity index (χ1v) is 5.94. The van der Waals surface area contributed by atoms with Crippen LogP contribution >= 0.6 is 15.9 Å². The molecule has 0 aliphatic heterocycles. The van der Waals surface area contributed by atoms with Crippen molar-refractivity contribution in [2.75, 3.05) is 25.6 Å². The van der Waals surface area contributed by atoms with Gasteiger partial charge in [0.05, 0.1) is 18.4 Å². The highest BCUT2D eigenvalue weighted by atomic mass is 79.9. The number of hydrogen-bond donors (Lipinski definition) is 0. The minimum atomic E-state index is -0.413. The first kappa shape index (κ1) is 13.5. The molecule has 0 spiro atoms. The molecule has 1 rings (SSSR count). The molecule has 5 heteroatoms. The Hall–Kier alpha value is -1.54. The predicted molar refractivity (Wildman–Crippen MR) is 69.2 cm³/mol. The second kappa shape index (κ2) is 6.26. The number of anilines is 1. The van der Waals surface area contributed by atoms with Gasteiger partial charge in [-0.05, 0) is 12.1 Å². The number of halogens is 1. The number of nitrogens with zero attached hydrogens (tertiary/aromatic N) is 2. The van der Waals surface area contributed by atoms with E-state index in [9.17, 15) is 4.79 Å². The van der Waals surface area contributed by atoms with Gasteiger partial charge >= 0.3 is 5.97 Å². The monoisotopic (exact) mass is 296 g/mol. The molecule has 17 heavy (non-hydrogen) atoms. The summed E-state index contributed by atoms with van der Waals surface area (Å²) >= 11 is 3.25. The molecule has 1 atom stereocenters. The van der Waals surface area contributed by atoms with Crippen molar-refractivity contribution in [1.82, 2.24) is 0 Å². The van der Waals surface area contributed by atoms with E-state index in [1.807, 2.05) is 30.1 Å². The molecule has 1 unspecified atom stereocenters. The van der Waals surface area contributed by atoms with E-state index in [1.165, 1.54) is 7.11 Å². The maximum absolute atomic E-state index is 11.3. The number of ether oxygens (including phenoxy) is 1. The van der Waals surface area contributed by atoms with Crippen molar-refractivity contribution in [1.29, 1.82) is 5.26 Å². The number of carbonyl (C=O) groups excluding carboxylic acids is 1. The topological polar surface area (TPSA) is 53.3 Å². The Morgan fingerprint density at radius 1 is 1.59 bits per heavy atom. The molecule has 1 aromatic rings. The summed E-state index contributed by atoms with van der Waals surface area (Å²) in [5.41, 5.74) is 1.38. The number of para-hydroxylation sites is 1. The summed E-state index contributed by atoms with van der Waals surface area (Å²) in [5.74, 6) is -0.328. The lowest BCUT2D eigenvalue weighted by molar-refractivity contribution is -0.139. The molecule has 0 bridgehead atoms. The molecule has 0 aliphatic carbocycles. The molecular formula is C12H13BrN2O2. The Morgan fingerprint density at radius 2 is 2.24 bits per heavy atom. The lowest BCUT2D eigenvalue weighted by atomic mass is 10.2. The standard InChI is InChI=1S/C12H13BrN2O2/c1-15(8-10(13)12(16)17-2)11-6-4-3-5-9(11)7-14/h3-6,10H,8H2,1-2H3. The van der Waals surface area contributed by atoms with E-state index in [0.717, 1.165) is 5.69 Å². The van der Waals surface area contributed by atoms with Crippen molar-refractivity contribution in [3.8, 4) is 6.07 Å². The molecule has 0 fully saturated rings. The van der Waals surface area contributed by atoms with Gasteiger partial charge in [0, 0.05) is 13.6 Å². The lowest BCUT2D eigenvalue weighted by Gasteiger charge is -2.22. The molecule has 0 amide bonds. The van der Waals surface area contributed by atoms with Crippen molar-refractivity contribution in [2.45, 2.75) is 4.83 Å². The first-order valence-electron chi connectivity index (χ1n) is 5.02. The Kier molecular flexibility index (Phi) is 4.98. The Labute approximate surface area is 109 Å². The van der Waals surface area contributed by atoms with E-state index >= 15 is 0 Å². The minimum absolute atomic E-state index is 0.328. The fourth-order valence-corrected chi connectivity index (χ4v) is 2.06. The van der Waals surface area contributed by atoms with Crippen LogP contribution in [0.2, 0.25) is 0 Å². The summed E-state index contributed by atoms with van der Waals surface area (Å²) in [7, 11) is 3.17. The van der Waals surface area contributed by atoms with Gasteiger partial charge in [0.15, 0.2) is 0 Å². The van der Waals surface area contributed by atoms with Crippen LogP contribution in [-0.2, 0) is 9.53 Å². The number of hydrogen-bond acceptors (Lipinski definition) is 4. The third-order valence-corrected chi connectivity index (χ3v) is 2.99. The molecular weight excluding hydrogens is 284 g/mol. The molecule has 1 aromatic carbocycles. The van der Waals surface area contributed by atoms with Crippen LogP contribution in [-0.4, -0.2) is 31.5 Å². The van der Waals surface area contributed by atoms with Crippen LogP contribution in [0.3, 0.4) is 0 Å². The smallest absolute Gasteiger partial charge is 0.321 e. The third-order valence-electron chi connectivity index (χ3n) is 2.33. The van der Waals surface area contributed by atoms with E-state index in [4.69, 9.17) is 5.26 Å². The van der Waals surface area contributed by atoms with Gasteiger partial charge in [-0.1, -0.05) is 28.1 Å². The predicted octanol–water partition coefficient (Wildman–Crippen LogP) is 1.93. The fourth-order valence-electron chi connectivity index (χ4n) is 1.44. The Morgan fingerprint density at radius 3 is 2.82 bits per heavy atom. The van der Waals surface area contributed by atoms with E-state index in [-0.39, 0.29) is 5.97 Å². The SMILES string of the molecule is COC(=O)C(Br)CN(C)c1ccccc1C#N. The van der Waals surface area contributed by atoms with Crippen molar-refractivity contribution >= 4 is 27.6 Å². The van der Waals surface area contributed by atoms with Gasteiger partial charge < -0.3 is 9.64 Å². The van der Waals surface area contributed by atoms with Crippen molar-refractivity contribution in [3.63, 3.8) is 0 Å². The molecule has 90 valence electrons. The molecule has 0 N–H and O–H groups in total. The summed E-state index contributed by atoms with van der Waals surface area (Å²) in [4.78, 5) is 12.7. The van der Waals surface area contributed by atoms with E-state index in [2.05, 4.69) is 26.7 Å². The summed E-state index contributed by atoms with van der Waals surface area (Å²) in [6.45, 7) is 0.436. The number of benzene rings is 1. The molecule has 0 aromatic heterocycles. The zero-order valence-corrected chi connectivity index (χ0v) is 11.3.